The lowest BCUT2D eigenvalue weighted by Gasteiger charge is -2.31. The minimum atomic E-state index is -0.112. The van der Waals surface area contributed by atoms with E-state index in [4.69, 9.17) is 4.74 Å². The Labute approximate surface area is 156 Å². The number of thiazole rings is 1. The van der Waals surface area contributed by atoms with E-state index in [-0.39, 0.29) is 17.9 Å². The summed E-state index contributed by atoms with van der Waals surface area (Å²) in [4.78, 5) is 30.1. The summed E-state index contributed by atoms with van der Waals surface area (Å²) < 4.78 is 5.64. The van der Waals surface area contributed by atoms with Gasteiger partial charge in [-0.15, -0.1) is 0 Å². The van der Waals surface area contributed by atoms with Crippen molar-refractivity contribution < 1.29 is 14.3 Å². The topological polar surface area (TPSA) is 83.6 Å². The van der Waals surface area contributed by atoms with Gasteiger partial charge in [-0.1, -0.05) is 17.4 Å². The van der Waals surface area contributed by atoms with Crippen LogP contribution in [0.15, 0.2) is 35.8 Å². The molecule has 0 bridgehead atoms. The Morgan fingerprint density at radius 2 is 2.15 bits per heavy atom. The molecule has 3 rings (SSSR count). The van der Waals surface area contributed by atoms with Crippen molar-refractivity contribution in [1.29, 1.82) is 0 Å². The average molecular weight is 374 g/mol. The van der Waals surface area contributed by atoms with Gasteiger partial charge in [0.2, 0.25) is 5.91 Å². The zero-order chi connectivity index (χ0) is 18.4. The minimum Gasteiger partial charge on any atom is -0.431 e. The van der Waals surface area contributed by atoms with Gasteiger partial charge in [-0.05, 0) is 31.0 Å². The molecule has 2 N–H and O–H groups in total. The smallest absolute Gasteiger partial charge is 0.278 e. The second-order valence-corrected chi connectivity index (χ2v) is 6.98. The van der Waals surface area contributed by atoms with Crippen LogP contribution in [0.4, 0.5) is 0 Å². The number of carbonyl (C=O) groups excluding carboxylic acids is 2. The van der Waals surface area contributed by atoms with Gasteiger partial charge in [-0.3, -0.25) is 14.5 Å². The van der Waals surface area contributed by atoms with Crippen molar-refractivity contribution in [3.05, 3.63) is 41.4 Å². The van der Waals surface area contributed by atoms with E-state index in [1.54, 1.807) is 37.5 Å². The van der Waals surface area contributed by atoms with Crippen LogP contribution < -0.4 is 15.4 Å². The van der Waals surface area contributed by atoms with Crippen molar-refractivity contribution in [2.24, 2.45) is 0 Å². The van der Waals surface area contributed by atoms with Gasteiger partial charge in [0.05, 0.1) is 6.54 Å². The molecule has 2 heterocycles. The highest BCUT2D eigenvalue weighted by Gasteiger charge is 2.22. The highest BCUT2D eigenvalue weighted by Crippen LogP contribution is 2.24. The molecule has 138 valence electrons. The summed E-state index contributed by atoms with van der Waals surface area (Å²) in [7, 11) is 1.64. The van der Waals surface area contributed by atoms with E-state index >= 15 is 0 Å². The number of nitrogens with zero attached hydrogens (tertiary/aromatic N) is 2. The Kier molecular flexibility index (Phi) is 6.19. The molecule has 0 unspecified atom stereocenters. The molecule has 2 amide bonds. The van der Waals surface area contributed by atoms with Gasteiger partial charge in [0.1, 0.15) is 5.75 Å². The number of rotatable bonds is 6. The molecule has 1 aromatic carbocycles. The maximum Gasteiger partial charge on any atom is 0.278 e. The predicted molar refractivity (Wildman–Crippen MR) is 99.6 cm³/mol. The number of benzene rings is 1. The fraction of sp³-hybridized carbons (Fsp3) is 0.389. The summed E-state index contributed by atoms with van der Waals surface area (Å²) in [5.41, 5.74) is 0.562. The molecule has 2 aromatic rings. The van der Waals surface area contributed by atoms with Crippen LogP contribution in [-0.4, -0.2) is 54.4 Å². The van der Waals surface area contributed by atoms with Crippen molar-refractivity contribution >= 4 is 23.2 Å². The quantitative estimate of drug-likeness (QED) is 0.807. The average Bonchev–Trinajstić information content (AvgIpc) is 3.16. The maximum atomic E-state index is 12.5. The van der Waals surface area contributed by atoms with Gasteiger partial charge in [0.15, 0.2) is 0 Å². The fourth-order valence-corrected chi connectivity index (χ4v) is 3.35. The molecule has 1 aliphatic rings. The number of aromatic nitrogens is 1. The van der Waals surface area contributed by atoms with Gasteiger partial charge in [0, 0.05) is 43.3 Å². The number of piperidine rings is 1. The molecule has 0 aliphatic carbocycles. The third-order valence-corrected chi connectivity index (χ3v) is 4.93. The fourth-order valence-electron chi connectivity index (χ4n) is 2.85. The molecule has 0 spiro atoms. The summed E-state index contributed by atoms with van der Waals surface area (Å²) in [6.07, 6.45) is 3.34. The maximum absolute atomic E-state index is 12.5. The molecule has 0 saturated carbocycles. The van der Waals surface area contributed by atoms with Crippen molar-refractivity contribution in [3.8, 4) is 10.9 Å². The third-order valence-electron chi connectivity index (χ3n) is 4.28. The monoisotopic (exact) mass is 374 g/mol. The molecule has 1 saturated heterocycles. The Balaban J connectivity index is 1.51. The highest BCUT2D eigenvalue weighted by molar-refractivity contribution is 7.11. The van der Waals surface area contributed by atoms with Crippen molar-refractivity contribution in [2.45, 2.75) is 18.9 Å². The van der Waals surface area contributed by atoms with E-state index in [1.165, 1.54) is 11.3 Å². The van der Waals surface area contributed by atoms with E-state index in [0.29, 0.717) is 23.1 Å². The first-order chi connectivity index (χ1) is 12.6. The van der Waals surface area contributed by atoms with Crippen molar-refractivity contribution in [1.82, 2.24) is 20.5 Å². The summed E-state index contributed by atoms with van der Waals surface area (Å²) in [6.45, 7) is 2.00. The van der Waals surface area contributed by atoms with Crippen LogP contribution >= 0.6 is 11.3 Å². The number of likely N-dealkylation sites (N-methyl/N-ethyl adjacent to an activating group) is 1. The number of amides is 2. The molecule has 1 aliphatic heterocycles. The van der Waals surface area contributed by atoms with Crippen LogP contribution in [0.5, 0.6) is 10.9 Å². The Morgan fingerprint density at radius 1 is 1.35 bits per heavy atom. The normalized spacial score (nSPS) is 15.4. The predicted octanol–water partition coefficient (Wildman–Crippen LogP) is 1.88. The second kappa shape index (κ2) is 8.77. The largest absolute Gasteiger partial charge is 0.431 e. The number of ether oxygens (including phenoxy) is 1. The lowest BCUT2D eigenvalue weighted by Crippen LogP contribution is -2.47. The first-order valence-corrected chi connectivity index (χ1v) is 9.43. The molecule has 1 fully saturated rings. The summed E-state index contributed by atoms with van der Waals surface area (Å²) in [5, 5.41) is 8.09. The number of likely N-dealkylation sites (tertiary alicyclic amines) is 1. The van der Waals surface area contributed by atoms with Crippen LogP contribution in [0, 0.1) is 0 Å². The van der Waals surface area contributed by atoms with E-state index in [0.717, 1.165) is 25.9 Å². The van der Waals surface area contributed by atoms with Gasteiger partial charge >= 0.3 is 0 Å². The second-order valence-electron chi connectivity index (χ2n) is 6.12. The van der Waals surface area contributed by atoms with Crippen molar-refractivity contribution in [2.75, 3.05) is 26.7 Å². The van der Waals surface area contributed by atoms with Crippen LogP contribution in [0.3, 0.4) is 0 Å². The molecular weight excluding hydrogens is 352 g/mol. The first kappa shape index (κ1) is 18.3. The van der Waals surface area contributed by atoms with E-state index < -0.39 is 0 Å². The van der Waals surface area contributed by atoms with E-state index in [1.807, 2.05) is 5.38 Å². The third kappa shape index (κ3) is 5.03. The van der Waals surface area contributed by atoms with Gasteiger partial charge in [-0.25, -0.2) is 4.98 Å². The van der Waals surface area contributed by atoms with Crippen LogP contribution in [0.2, 0.25) is 0 Å². The number of hydrogen-bond acceptors (Lipinski definition) is 6. The van der Waals surface area contributed by atoms with Crippen LogP contribution in [0.1, 0.15) is 23.2 Å². The standard InChI is InChI=1S/C18H22N4O3S/c1-19-16(23)12-22-8-5-14(6-9-22)21-17(24)13-3-2-4-15(11-13)25-18-20-7-10-26-18/h2-4,7,10-11,14H,5-6,8-9,12H2,1H3,(H,19,23)(H,21,24). The lowest BCUT2D eigenvalue weighted by atomic mass is 10.0. The molecule has 0 atom stereocenters. The number of hydrogen-bond donors (Lipinski definition) is 2. The first-order valence-electron chi connectivity index (χ1n) is 8.55. The van der Waals surface area contributed by atoms with Gasteiger partial charge < -0.3 is 15.4 Å². The number of carbonyl (C=O) groups is 2. The zero-order valence-corrected chi connectivity index (χ0v) is 15.4. The Morgan fingerprint density at radius 3 is 2.85 bits per heavy atom. The highest BCUT2D eigenvalue weighted by atomic mass is 32.1. The Bertz CT molecular complexity index is 743. The summed E-state index contributed by atoms with van der Waals surface area (Å²) in [5.74, 6) is 0.497. The van der Waals surface area contributed by atoms with Gasteiger partial charge in [0.25, 0.3) is 11.1 Å². The molecule has 26 heavy (non-hydrogen) atoms. The SMILES string of the molecule is CNC(=O)CN1CCC(NC(=O)c2cccc(Oc3nccs3)c2)CC1. The van der Waals surface area contributed by atoms with Crippen LogP contribution in [0.25, 0.3) is 0 Å². The lowest BCUT2D eigenvalue weighted by molar-refractivity contribution is -0.122. The summed E-state index contributed by atoms with van der Waals surface area (Å²) in [6, 6.07) is 7.20. The molecule has 7 nitrogen and oxygen atoms in total. The van der Waals surface area contributed by atoms with E-state index in [2.05, 4.69) is 20.5 Å². The zero-order valence-electron chi connectivity index (χ0n) is 14.6. The molecule has 0 radical (unpaired) electrons. The number of nitrogens with one attached hydrogen (secondary N) is 2. The van der Waals surface area contributed by atoms with Crippen molar-refractivity contribution in [3.63, 3.8) is 0 Å². The van der Waals surface area contributed by atoms with Gasteiger partial charge in [-0.2, -0.15) is 0 Å². The minimum absolute atomic E-state index is 0.0181. The summed E-state index contributed by atoms with van der Waals surface area (Å²) >= 11 is 1.40. The molecule has 1 aromatic heterocycles. The van der Waals surface area contributed by atoms with Crippen LogP contribution in [-0.2, 0) is 4.79 Å². The molecule has 8 heteroatoms. The molecular formula is C18H22N4O3S. The Hall–Kier alpha value is -2.45. The van der Waals surface area contributed by atoms with E-state index in [9.17, 15) is 9.59 Å².